The quantitative estimate of drug-likeness (QED) is 0.789. The molecule has 1 aromatic rings. The zero-order valence-electron chi connectivity index (χ0n) is 12.4. The first-order chi connectivity index (χ1) is 8.79. The zero-order chi connectivity index (χ0) is 14.2. The SMILES string of the molecule is Cc1ccc(N)c(C(=O)N2CCC(C(C)(C)C)C2)c1. The Labute approximate surface area is 115 Å². The van der Waals surface area contributed by atoms with E-state index < -0.39 is 0 Å². The summed E-state index contributed by atoms with van der Waals surface area (Å²) in [5, 5.41) is 0. The number of nitrogens with zero attached hydrogens (tertiary/aromatic N) is 1. The number of carbonyl (C=O) groups is 1. The summed E-state index contributed by atoms with van der Waals surface area (Å²) < 4.78 is 0. The van der Waals surface area contributed by atoms with Gasteiger partial charge >= 0.3 is 0 Å². The highest BCUT2D eigenvalue weighted by Gasteiger charge is 2.34. The number of hydrogen-bond donors (Lipinski definition) is 1. The first-order valence-electron chi connectivity index (χ1n) is 6.94. The summed E-state index contributed by atoms with van der Waals surface area (Å²) in [6.45, 7) is 10.4. The Morgan fingerprint density at radius 2 is 2.05 bits per heavy atom. The maximum Gasteiger partial charge on any atom is 0.255 e. The van der Waals surface area contributed by atoms with Crippen molar-refractivity contribution in [2.24, 2.45) is 11.3 Å². The van der Waals surface area contributed by atoms with E-state index in [2.05, 4.69) is 20.8 Å². The van der Waals surface area contributed by atoms with Crippen LogP contribution in [0.3, 0.4) is 0 Å². The van der Waals surface area contributed by atoms with Gasteiger partial charge in [0.05, 0.1) is 5.56 Å². The van der Waals surface area contributed by atoms with Crippen LogP contribution in [0.2, 0.25) is 0 Å². The summed E-state index contributed by atoms with van der Waals surface area (Å²) in [7, 11) is 0. The highest BCUT2D eigenvalue weighted by atomic mass is 16.2. The third-order valence-corrected chi connectivity index (χ3v) is 4.14. The van der Waals surface area contributed by atoms with Crippen molar-refractivity contribution in [2.45, 2.75) is 34.1 Å². The number of hydrogen-bond acceptors (Lipinski definition) is 2. The smallest absolute Gasteiger partial charge is 0.255 e. The van der Waals surface area contributed by atoms with E-state index in [4.69, 9.17) is 5.73 Å². The number of likely N-dealkylation sites (tertiary alicyclic amines) is 1. The van der Waals surface area contributed by atoms with Gasteiger partial charge in [-0.15, -0.1) is 0 Å². The molecular weight excluding hydrogens is 236 g/mol. The summed E-state index contributed by atoms with van der Waals surface area (Å²) >= 11 is 0. The molecule has 0 bridgehead atoms. The van der Waals surface area contributed by atoms with E-state index in [0.29, 0.717) is 17.2 Å². The lowest BCUT2D eigenvalue weighted by molar-refractivity contribution is 0.0777. The average molecular weight is 260 g/mol. The van der Waals surface area contributed by atoms with Crippen LogP contribution in [-0.4, -0.2) is 23.9 Å². The van der Waals surface area contributed by atoms with Crippen LogP contribution in [-0.2, 0) is 0 Å². The van der Waals surface area contributed by atoms with Gasteiger partial charge in [-0.1, -0.05) is 32.4 Å². The Hall–Kier alpha value is -1.51. The summed E-state index contributed by atoms with van der Waals surface area (Å²) in [6, 6.07) is 5.65. The van der Waals surface area contributed by atoms with Gasteiger partial charge in [0.25, 0.3) is 5.91 Å². The van der Waals surface area contributed by atoms with E-state index in [-0.39, 0.29) is 11.3 Å². The second-order valence-corrected chi connectivity index (χ2v) is 6.69. The van der Waals surface area contributed by atoms with Crippen LogP contribution in [0.4, 0.5) is 5.69 Å². The number of aryl methyl sites for hydroxylation is 1. The van der Waals surface area contributed by atoms with E-state index in [1.807, 2.05) is 30.0 Å². The Bertz CT molecular complexity index is 488. The van der Waals surface area contributed by atoms with Gasteiger partial charge < -0.3 is 10.6 Å². The maximum absolute atomic E-state index is 12.5. The molecular formula is C16H24N2O. The molecule has 1 saturated heterocycles. The Kier molecular flexibility index (Phi) is 3.57. The van der Waals surface area contributed by atoms with Crippen molar-refractivity contribution in [2.75, 3.05) is 18.8 Å². The fraction of sp³-hybridized carbons (Fsp3) is 0.562. The molecule has 1 unspecified atom stereocenters. The van der Waals surface area contributed by atoms with E-state index in [0.717, 1.165) is 25.1 Å². The Balaban J connectivity index is 2.16. The van der Waals surface area contributed by atoms with Gasteiger partial charge in [0.15, 0.2) is 0 Å². The lowest BCUT2D eigenvalue weighted by Crippen LogP contribution is -2.31. The number of amides is 1. The molecule has 19 heavy (non-hydrogen) atoms. The summed E-state index contributed by atoms with van der Waals surface area (Å²) in [5.41, 5.74) is 8.49. The topological polar surface area (TPSA) is 46.3 Å². The van der Waals surface area contributed by atoms with Gasteiger partial charge in [-0.05, 0) is 36.8 Å². The normalized spacial score (nSPS) is 19.8. The largest absolute Gasteiger partial charge is 0.398 e. The molecule has 1 heterocycles. The van der Waals surface area contributed by atoms with Crippen molar-refractivity contribution in [3.63, 3.8) is 0 Å². The van der Waals surface area contributed by atoms with Gasteiger partial charge in [-0.3, -0.25) is 4.79 Å². The van der Waals surface area contributed by atoms with E-state index in [1.54, 1.807) is 0 Å². The molecule has 0 aromatic heterocycles. The van der Waals surface area contributed by atoms with Gasteiger partial charge in [0.1, 0.15) is 0 Å². The second kappa shape index (κ2) is 4.87. The molecule has 3 heteroatoms. The molecule has 0 saturated carbocycles. The van der Waals surface area contributed by atoms with Gasteiger partial charge in [0.2, 0.25) is 0 Å². The minimum absolute atomic E-state index is 0.0768. The van der Waals surface area contributed by atoms with E-state index in [9.17, 15) is 4.79 Å². The van der Waals surface area contributed by atoms with Gasteiger partial charge in [-0.25, -0.2) is 0 Å². The van der Waals surface area contributed by atoms with Crippen molar-refractivity contribution in [3.8, 4) is 0 Å². The van der Waals surface area contributed by atoms with Gasteiger partial charge in [0, 0.05) is 18.8 Å². The van der Waals surface area contributed by atoms with Crippen molar-refractivity contribution >= 4 is 11.6 Å². The molecule has 1 aromatic carbocycles. The molecule has 0 aliphatic carbocycles. The van der Waals surface area contributed by atoms with Crippen molar-refractivity contribution < 1.29 is 4.79 Å². The molecule has 0 radical (unpaired) electrons. The van der Waals surface area contributed by atoms with Crippen LogP contribution in [0.1, 0.15) is 43.1 Å². The van der Waals surface area contributed by atoms with Crippen molar-refractivity contribution in [3.05, 3.63) is 29.3 Å². The van der Waals surface area contributed by atoms with Crippen LogP contribution in [0, 0.1) is 18.3 Å². The Morgan fingerprint density at radius 1 is 1.37 bits per heavy atom. The molecule has 2 N–H and O–H groups in total. The molecule has 2 rings (SSSR count). The minimum Gasteiger partial charge on any atom is -0.398 e. The van der Waals surface area contributed by atoms with Crippen LogP contribution >= 0.6 is 0 Å². The standard InChI is InChI=1S/C16H24N2O/c1-11-5-6-14(17)13(9-11)15(19)18-8-7-12(10-18)16(2,3)4/h5-6,9,12H,7-8,10,17H2,1-4H3. The number of nitrogens with two attached hydrogens (primary N) is 1. The van der Waals surface area contributed by atoms with Crippen LogP contribution in [0.5, 0.6) is 0 Å². The number of nitrogen functional groups attached to an aromatic ring is 1. The predicted molar refractivity (Wildman–Crippen MR) is 79.1 cm³/mol. The lowest BCUT2D eigenvalue weighted by Gasteiger charge is -2.27. The third kappa shape index (κ3) is 2.91. The summed E-state index contributed by atoms with van der Waals surface area (Å²) in [6.07, 6.45) is 1.08. The van der Waals surface area contributed by atoms with Crippen LogP contribution in [0.25, 0.3) is 0 Å². The highest BCUT2D eigenvalue weighted by Crippen LogP contribution is 2.34. The second-order valence-electron chi connectivity index (χ2n) is 6.69. The van der Waals surface area contributed by atoms with E-state index in [1.165, 1.54) is 0 Å². The molecule has 104 valence electrons. The van der Waals surface area contributed by atoms with E-state index >= 15 is 0 Å². The van der Waals surface area contributed by atoms with Gasteiger partial charge in [-0.2, -0.15) is 0 Å². The fourth-order valence-electron chi connectivity index (χ4n) is 2.68. The summed E-state index contributed by atoms with van der Waals surface area (Å²) in [5.74, 6) is 0.649. The maximum atomic E-state index is 12.5. The lowest BCUT2D eigenvalue weighted by atomic mass is 9.80. The molecule has 1 amide bonds. The third-order valence-electron chi connectivity index (χ3n) is 4.14. The zero-order valence-corrected chi connectivity index (χ0v) is 12.4. The Morgan fingerprint density at radius 3 is 2.63 bits per heavy atom. The minimum atomic E-state index is 0.0768. The van der Waals surface area contributed by atoms with Crippen molar-refractivity contribution in [1.82, 2.24) is 4.90 Å². The first-order valence-corrected chi connectivity index (χ1v) is 6.94. The number of anilines is 1. The van der Waals surface area contributed by atoms with Crippen LogP contribution < -0.4 is 5.73 Å². The monoisotopic (exact) mass is 260 g/mol. The fourth-order valence-corrected chi connectivity index (χ4v) is 2.68. The van der Waals surface area contributed by atoms with Crippen molar-refractivity contribution in [1.29, 1.82) is 0 Å². The van der Waals surface area contributed by atoms with Crippen LogP contribution in [0.15, 0.2) is 18.2 Å². The molecule has 3 nitrogen and oxygen atoms in total. The number of rotatable bonds is 1. The highest BCUT2D eigenvalue weighted by molar-refractivity contribution is 5.99. The predicted octanol–water partition coefficient (Wildman–Crippen LogP) is 3.09. The molecule has 1 aliphatic rings. The molecule has 1 fully saturated rings. The molecule has 1 atom stereocenters. The number of carbonyl (C=O) groups excluding carboxylic acids is 1. The average Bonchev–Trinajstić information content (AvgIpc) is 2.80. The first kappa shape index (κ1) is 13.9. The molecule has 0 spiro atoms. The molecule has 1 aliphatic heterocycles. The number of benzene rings is 1. The summed E-state index contributed by atoms with van der Waals surface area (Å²) in [4.78, 5) is 14.5.